The summed E-state index contributed by atoms with van der Waals surface area (Å²) in [7, 11) is 0. The summed E-state index contributed by atoms with van der Waals surface area (Å²) in [6.07, 6.45) is 1.56. The number of hydrogen-bond acceptors (Lipinski definition) is 4. The molecule has 0 aliphatic heterocycles. The Morgan fingerprint density at radius 2 is 1.89 bits per heavy atom. The molecule has 1 aromatic heterocycles. The molecular formula is C15H15NO3. The molecule has 0 radical (unpaired) electrons. The Kier molecular flexibility index (Phi) is 4.50. The van der Waals surface area contributed by atoms with Crippen molar-refractivity contribution in [2.24, 2.45) is 0 Å². The lowest BCUT2D eigenvalue weighted by atomic mass is 10.2. The van der Waals surface area contributed by atoms with E-state index in [-0.39, 0.29) is 6.61 Å². The second-order valence-electron chi connectivity index (χ2n) is 3.96. The van der Waals surface area contributed by atoms with Gasteiger partial charge in [-0.15, -0.1) is 0 Å². The first kappa shape index (κ1) is 13.1. The van der Waals surface area contributed by atoms with Crippen molar-refractivity contribution >= 4 is 5.97 Å². The monoisotopic (exact) mass is 257 g/mol. The number of rotatable bonds is 5. The molecule has 19 heavy (non-hydrogen) atoms. The summed E-state index contributed by atoms with van der Waals surface area (Å²) in [6, 6.07) is 12.8. The minimum Gasteiger partial charge on any atom is -0.490 e. The predicted molar refractivity (Wildman–Crippen MR) is 71.2 cm³/mol. The largest absolute Gasteiger partial charge is 0.490 e. The highest BCUT2D eigenvalue weighted by molar-refractivity contribution is 5.87. The number of hydrogen-bond donors (Lipinski definition) is 0. The van der Waals surface area contributed by atoms with Crippen LogP contribution < -0.4 is 4.74 Å². The lowest BCUT2D eigenvalue weighted by Crippen LogP contribution is -2.13. The highest BCUT2D eigenvalue weighted by Crippen LogP contribution is 2.15. The number of benzene rings is 1. The molecule has 0 bridgehead atoms. The molecule has 0 fully saturated rings. The number of ether oxygens (including phenoxy) is 2. The van der Waals surface area contributed by atoms with Crippen LogP contribution in [0.5, 0.6) is 5.75 Å². The van der Waals surface area contributed by atoms with E-state index in [9.17, 15) is 4.79 Å². The fraction of sp³-hybridized carbons (Fsp3) is 0.200. The topological polar surface area (TPSA) is 48.4 Å². The van der Waals surface area contributed by atoms with Gasteiger partial charge in [0.15, 0.2) is 0 Å². The zero-order chi connectivity index (χ0) is 13.5. The fourth-order valence-electron chi connectivity index (χ4n) is 1.56. The van der Waals surface area contributed by atoms with E-state index in [1.165, 1.54) is 0 Å². The smallest absolute Gasteiger partial charge is 0.357 e. The first-order valence-corrected chi connectivity index (χ1v) is 6.04. The van der Waals surface area contributed by atoms with E-state index >= 15 is 0 Å². The summed E-state index contributed by atoms with van der Waals surface area (Å²) >= 11 is 0. The van der Waals surface area contributed by atoms with Crippen LogP contribution >= 0.6 is 0 Å². The quantitative estimate of drug-likeness (QED) is 0.610. The van der Waals surface area contributed by atoms with Gasteiger partial charge in [-0.25, -0.2) is 9.78 Å². The molecule has 0 aliphatic rings. The van der Waals surface area contributed by atoms with Gasteiger partial charge < -0.3 is 9.47 Å². The lowest BCUT2D eigenvalue weighted by Gasteiger charge is -2.09. The van der Waals surface area contributed by atoms with E-state index in [2.05, 4.69) is 4.98 Å². The number of aromatic nitrogens is 1. The lowest BCUT2D eigenvalue weighted by molar-refractivity contribution is 0.0443. The van der Waals surface area contributed by atoms with Crippen LogP contribution in [0.4, 0.5) is 0 Å². The second-order valence-corrected chi connectivity index (χ2v) is 3.96. The number of carbonyl (C=O) groups is 1. The molecule has 98 valence electrons. The Balaban J connectivity index is 1.76. The maximum atomic E-state index is 11.6. The third kappa shape index (κ3) is 3.81. The van der Waals surface area contributed by atoms with Crippen LogP contribution in [0.1, 0.15) is 16.1 Å². The zero-order valence-corrected chi connectivity index (χ0v) is 10.7. The molecule has 0 saturated carbocycles. The van der Waals surface area contributed by atoms with Crippen molar-refractivity contribution in [2.45, 2.75) is 6.92 Å². The highest BCUT2D eigenvalue weighted by atomic mass is 16.6. The van der Waals surface area contributed by atoms with E-state index in [4.69, 9.17) is 9.47 Å². The van der Waals surface area contributed by atoms with Gasteiger partial charge >= 0.3 is 5.97 Å². The Labute approximate surface area is 112 Å². The van der Waals surface area contributed by atoms with E-state index in [0.29, 0.717) is 12.3 Å². The van der Waals surface area contributed by atoms with Crippen molar-refractivity contribution in [2.75, 3.05) is 13.2 Å². The normalized spacial score (nSPS) is 9.95. The summed E-state index contributed by atoms with van der Waals surface area (Å²) in [5.41, 5.74) is 1.36. The van der Waals surface area contributed by atoms with Gasteiger partial charge in [-0.05, 0) is 30.7 Å². The highest BCUT2D eigenvalue weighted by Gasteiger charge is 2.07. The second kappa shape index (κ2) is 6.54. The molecule has 0 aliphatic carbocycles. The summed E-state index contributed by atoms with van der Waals surface area (Å²) in [5.74, 6) is 0.366. The predicted octanol–water partition coefficient (Wildman–Crippen LogP) is 2.63. The van der Waals surface area contributed by atoms with E-state index in [1.807, 2.05) is 31.2 Å². The van der Waals surface area contributed by atoms with Gasteiger partial charge in [-0.2, -0.15) is 0 Å². The minimum absolute atomic E-state index is 0.198. The van der Waals surface area contributed by atoms with Gasteiger partial charge in [-0.3, -0.25) is 0 Å². The van der Waals surface area contributed by atoms with Gasteiger partial charge in [0.05, 0.1) is 0 Å². The molecule has 2 rings (SSSR count). The van der Waals surface area contributed by atoms with Crippen molar-refractivity contribution in [1.29, 1.82) is 0 Å². The van der Waals surface area contributed by atoms with E-state index < -0.39 is 5.97 Å². The summed E-state index contributed by atoms with van der Waals surface area (Å²) in [5, 5.41) is 0. The molecule has 0 atom stereocenters. The van der Waals surface area contributed by atoms with Gasteiger partial charge in [0.2, 0.25) is 0 Å². The van der Waals surface area contributed by atoms with Gasteiger partial charge in [0.1, 0.15) is 24.7 Å². The van der Waals surface area contributed by atoms with Crippen LogP contribution in [0.15, 0.2) is 48.7 Å². The van der Waals surface area contributed by atoms with Crippen LogP contribution in [0.2, 0.25) is 0 Å². The van der Waals surface area contributed by atoms with E-state index in [1.54, 1.807) is 24.4 Å². The van der Waals surface area contributed by atoms with Crippen LogP contribution in [-0.2, 0) is 4.74 Å². The molecular weight excluding hydrogens is 242 g/mol. The van der Waals surface area contributed by atoms with Crippen molar-refractivity contribution < 1.29 is 14.3 Å². The Bertz CT molecular complexity index is 540. The number of carbonyl (C=O) groups excluding carboxylic acids is 1. The van der Waals surface area contributed by atoms with Gasteiger partial charge in [0, 0.05) is 6.20 Å². The third-order valence-electron chi connectivity index (χ3n) is 2.54. The van der Waals surface area contributed by atoms with Crippen molar-refractivity contribution in [1.82, 2.24) is 4.98 Å². The zero-order valence-electron chi connectivity index (χ0n) is 10.7. The molecule has 0 saturated heterocycles. The number of esters is 1. The number of para-hydroxylation sites is 1. The average Bonchev–Trinajstić information content (AvgIpc) is 2.46. The maximum absolute atomic E-state index is 11.6. The molecule has 0 amide bonds. The molecule has 1 heterocycles. The van der Waals surface area contributed by atoms with Gasteiger partial charge in [0.25, 0.3) is 0 Å². The van der Waals surface area contributed by atoms with Crippen molar-refractivity contribution in [3.63, 3.8) is 0 Å². The number of aryl methyl sites for hydroxylation is 1. The SMILES string of the molecule is Cc1ccccc1OCCOC(=O)c1ccccn1. The van der Waals surface area contributed by atoms with Crippen LogP contribution in [0.25, 0.3) is 0 Å². The third-order valence-corrected chi connectivity index (χ3v) is 2.54. The standard InChI is InChI=1S/C15H15NO3/c1-12-6-2-3-8-14(12)18-10-11-19-15(17)13-7-4-5-9-16-13/h2-9H,10-11H2,1H3. The van der Waals surface area contributed by atoms with Crippen LogP contribution in [0.3, 0.4) is 0 Å². The molecule has 2 aromatic rings. The van der Waals surface area contributed by atoms with Crippen molar-refractivity contribution in [3.8, 4) is 5.75 Å². The average molecular weight is 257 g/mol. The Hall–Kier alpha value is -2.36. The summed E-state index contributed by atoms with van der Waals surface area (Å²) < 4.78 is 10.6. The molecule has 4 heteroatoms. The number of pyridine rings is 1. The molecule has 0 spiro atoms. The maximum Gasteiger partial charge on any atom is 0.357 e. The number of nitrogens with zero attached hydrogens (tertiary/aromatic N) is 1. The fourth-order valence-corrected chi connectivity index (χ4v) is 1.56. The van der Waals surface area contributed by atoms with Gasteiger partial charge in [-0.1, -0.05) is 24.3 Å². The Morgan fingerprint density at radius 3 is 2.63 bits per heavy atom. The molecule has 4 nitrogen and oxygen atoms in total. The minimum atomic E-state index is -0.436. The molecule has 0 N–H and O–H groups in total. The van der Waals surface area contributed by atoms with Crippen LogP contribution in [0, 0.1) is 6.92 Å². The first-order chi connectivity index (χ1) is 9.27. The molecule has 0 unspecified atom stereocenters. The van der Waals surface area contributed by atoms with Crippen LogP contribution in [-0.4, -0.2) is 24.2 Å². The summed E-state index contributed by atoms with van der Waals surface area (Å²) in [6.45, 7) is 2.49. The van der Waals surface area contributed by atoms with E-state index in [0.717, 1.165) is 11.3 Å². The first-order valence-electron chi connectivity index (χ1n) is 6.04. The summed E-state index contributed by atoms with van der Waals surface area (Å²) in [4.78, 5) is 15.5. The molecule has 1 aromatic carbocycles. The Morgan fingerprint density at radius 1 is 1.11 bits per heavy atom. The van der Waals surface area contributed by atoms with Crippen molar-refractivity contribution in [3.05, 3.63) is 59.9 Å².